The zero-order valence-electron chi connectivity index (χ0n) is 36.6. The fraction of sp³-hybridized carbons (Fsp3) is 0.745. The highest BCUT2D eigenvalue weighted by molar-refractivity contribution is 7.47. The topological polar surface area (TPSA) is 155 Å². The van der Waals surface area contributed by atoms with Crippen LogP contribution in [-0.2, 0) is 32.7 Å². The zero-order chi connectivity index (χ0) is 42.6. The minimum Gasteiger partial charge on any atom is -0.480 e. The summed E-state index contributed by atoms with van der Waals surface area (Å²) < 4.78 is 33.4. The first-order valence-electron chi connectivity index (χ1n) is 22.8. The number of hydrogen-bond acceptors (Lipinski definition) is 8. The molecule has 3 unspecified atom stereocenters. The Morgan fingerprint density at radius 1 is 0.569 bits per heavy atom. The molecular weight excluding hydrogens is 753 g/mol. The number of carbonyl (C=O) groups is 2. The quantitative estimate of drug-likeness (QED) is 0.0234. The molecule has 0 fully saturated rings. The molecular formula is C47H84NO9P. The van der Waals surface area contributed by atoms with Crippen LogP contribution in [-0.4, -0.2) is 60.5 Å². The number of ether oxygens (including phenoxy) is 2. The van der Waals surface area contributed by atoms with Crippen LogP contribution in [0, 0.1) is 0 Å². The Balaban J connectivity index is 4.26. The van der Waals surface area contributed by atoms with Crippen molar-refractivity contribution in [1.29, 1.82) is 0 Å². The van der Waals surface area contributed by atoms with Gasteiger partial charge in [0.2, 0.25) is 0 Å². The smallest absolute Gasteiger partial charge is 0.472 e. The van der Waals surface area contributed by atoms with E-state index in [-0.39, 0.29) is 13.0 Å². The predicted octanol–water partition coefficient (Wildman–Crippen LogP) is 12.8. The first kappa shape index (κ1) is 55.7. The average molecular weight is 838 g/mol. The molecule has 0 aliphatic carbocycles. The fourth-order valence-corrected chi connectivity index (χ4v) is 6.78. The van der Waals surface area contributed by atoms with Gasteiger partial charge in [-0.3, -0.25) is 18.6 Å². The van der Waals surface area contributed by atoms with Crippen molar-refractivity contribution in [2.75, 3.05) is 26.4 Å². The summed E-state index contributed by atoms with van der Waals surface area (Å²) in [6.07, 6.45) is 51.3. The van der Waals surface area contributed by atoms with E-state index in [1.807, 2.05) is 0 Å². The van der Waals surface area contributed by atoms with Gasteiger partial charge in [0.1, 0.15) is 12.1 Å². The monoisotopic (exact) mass is 838 g/mol. The third-order valence-electron chi connectivity index (χ3n) is 9.53. The largest absolute Gasteiger partial charge is 0.480 e. The molecule has 0 aromatic carbocycles. The summed E-state index contributed by atoms with van der Waals surface area (Å²) in [7, 11) is -4.63. The molecule has 0 saturated carbocycles. The van der Waals surface area contributed by atoms with Gasteiger partial charge in [-0.05, 0) is 77.0 Å². The third-order valence-corrected chi connectivity index (χ3v) is 10.5. The van der Waals surface area contributed by atoms with E-state index < -0.39 is 45.1 Å². The van der Waals surface area contributed by atoms with Crippen LogP contribution in [0.3, 0.4) is 0 Å². The Bertz CT molecular complexity index is 1150. The van der Waals surface area contributed by atoms with Gasteiger partial charge in [0.25, 0.3) is 0 Å². The molecule has 10 nitrogen and oxygen atoms in total. The summed E-state index contributed by atoms with van der Waals surface area (Å²) in [5.41, 5.74) is 5.36. The van der Waals surface area contributed by atoms with E-state index in [1.54, 1.807) is 0 Å². The number of phosphoric ester groups is 1. The molecule has 3 atom stereocenters. The molecule has 0 amide bonds. The van der Waals surface area contributed by atoms with Crippen LogP contribution >= 0.6 is 7.82 Å². The molecule has 0 spiro atoms. The lowest BCUT2D eigenvalue weighted by atomic mass is 10.1. The van der Waals surface area contributed by atoms with Gasteiger partial charge in [-0.2, -0.15) is 0 Å². The Hall–Kier alpha value is -2.33. The van der Waals surface area contributed by atoms with Crippen LogP contribution in [0.25, 0.3) is 0 Å². The second kappa shape index (κ2) is 42.8. The molecule has 0 saturated heterocycles. The number of nitrogens with two attached hydrogens (primary N) is 1. The van der Waals surface area contributed by atoms with E-state index in [4.69, 9.17) is 29.4 Å². The molecule has 4 N–H and O–H groups in total. The summed E-state index contributed by atoms with van der Waals surface area (Å²) in [4.78, 5) is 33.6. The summed E-state index contributed by atoms with van der Waals surface area (Å²) >= 11 is 0. The van der Waals surface area contributed by atoms with E-state index in [2.05, 4.69) is 74.6 Å². The van der Waals surface area contributed by atoms with Crippen LogP contribution in [0.15, 0.2) is 60.8 Å². The number of unbranched alkanes of at least 4 members (excludes halogenated alkanes) is 19. The second-order valence-electron chi connectivity index (χ2n) is 15.1. The molecule has 11 heteroatoms. The number of allylic oxidation sites excluding steroid dienone is 10. The van der Waals surface area contributed by atoms with Crippen molar-refractivity contribution in [2.24, 2.45) is 5.73 Å². The standard InChI is InChI=1S/C47H84NO9P/c1-3-5-7-9-11-13-15-17-19-21-22-24-26-28-30-32-34-36-38-40-54-41-44(42-55-58(52,53)56-43-45(48)47(50)51)57-46(49)39-37-35-33-31-29-27-25-23-20-18-16-14-12-10-8-6-4-2/h6,8,12,14,18-21,25,27,44-45H,3-5,7,9-11,13,15-17,22-24,26,28-43,48H2,1-2H3,(H,50,51)(H,52,53)/b8-6-,14-12-,20-18-,21-19-,27-25-. The lowest BCUT2D eigenvalue weighted by Gasteiger charge is -2.20. The number of phosphoric acid groups is 1. The van der Waals surface area contributed by atoms with Gasteiger partial charge >= 0.3 is 19.8 Å². The van der Waals surface area contributed by atoms with Crippen molar-refractivity contribution >= 4 is 19.8 Å². The van der Waals surface area contributed by atoms with Gasteiger partial charge in [0, 0.05) is 13.0 Å². The van der Waals surface area contributed by atoms with Crippen LogP contribution in [0.2, 0.25) is 0 Å². The van der Waals surface area contributed by atoms with Gasteiger partial charge < -0.3 is 25.2 Å². The van der Waals surface area contributed by atoms with Crippen LogP contribution in [0.1, 0.15) is 187 Å². The van der Waals surface area contributed by atoms with Crippen molar-refractivity contribution in [2.45, 2.75) is 199 Å². The minimum absolute atomic E-state index is 0.00272. The molecule has 58 heavy (non-hydrogen) atoms. The maximum Gasteiger partial charge on any atom is 0.472 e. The first-order valence-corrected chi connectivity index (χ1v) is 24.3. The minimum atomic E-state index is -4.63. The highest BCUT2D eigenvalue weighted by atomic mass is 31.2. The molecule has 0 aliphatic heterocycles. The maximum atomic E-state index is 12.6. The van der Waals surface area contributed by atoms with Crippen molar-refractivity contribution in [3.63, 3.8) is 0 Å². The molecule has 0 aliphatic rings. The van der Waals surface area contributed by atoms with E-state index >= 15 is 0 Å². The SMILES string of the molecule is CC/C=C\C/C=C\C/C=C\C/C=C\CCCCCCC(=O)OC(COCCCCCCCCCC/C=C\CCCCCCCCC)COP(=O)(O)OCC(N)C(=O)O. The number of carbonyl (C=O) groups excluding carboxylic acids is 1. The third kappa shape index (κ3) is 41.8. The zero-order valence-corrected chi connectivity index (χ0v) is 37.5. The molecule has 0 aromatic rings. The fourth-order valence-electron chi connectivity index (χ4n) is 6.00. The number of rotatable bonds is 43. The van der Waals surface area contributed by atoms with Crippen molar-refractivity contribution < 1.29 is 42.7 Å². The van der Waals surface area contributed by atoms with Crippen LogP contribution < -0.4 is 5.73 Å². The number of aliphatic carboxylic acids is 1. The number of hydrogen-bond donors (Lipinski definition) is 3. The van der Waals surface area contributed by atoms with Gasteiger partial charge in [-0.25, -0.2) is 4.57 Å². The van der Waals surface area contributed by atoms with Crippen LogP contribution in [0.4, 0.5) is 0 Å². The van der Waals surface area contributed by atoms with Crippen molar-refractivity contribution in [1.82, 2.24) is 0 Å². The molecule has 336 valence electrons. The lowest BCUT2D eigenvalue weighted by molar-refractivity contribution is -0.154. The first-order chi connectivity index (χ1) is 28.2. The maximum absolute atomic E-state index is 12.6. The molecule has 0 bridgehead atoms. The summed E-state index contributed by atoms with van der Waals surface area (Å²) in [5, 5.41) is 8.90. The predicted molar refractivity (Wildman–Crippen MR) is 240 cm³/mol. The normalized spacial score (nSPS) is 14.4. The highest BCUT2D eigenvalue weighted by Gasteiger charge is 2.27. The lowest BCUT2D eigenvalue weighted by Crippen LogP contribution is -2.34. The van der Waals surface area contributed by atoms with E-state index in [9.17, 15) is 19.0 Å². The Morgan fingerprint density at radius 3 is 1.52 bits per heavy atom. The Morgan fingerprint density at radius 2 is 1.00 bits per heavy atom. The number of esters is 1. The summed E-state index contributed by atoms with van der Waals surface area (Å²) in [6, 6.07) is -1.48. The van der Waals surface area contributed by atoms with E-state index in [0.29, 0.717) is 13.0 Å². The van der Waals surface area contributed by atoms with Crippen molar-refractivity contribution in [3.05, 3.63) is 60.8 Å². The van der Waals surface area contributed by atoms with E-state index in [1.165, 1.54) is 89.9 Å². The Labute approximate surface area is 353 Å². The van der Waals surface area contributed by atoms with Crippen LogP contribution in [0.5, 0.6) is 0 Å². The van der Waals surface area contributed by atoms with Gasteiger partial charge in [0.15, 0.2) is 0 Å². The van der Waals surface area contributed by atoms with Gasteiger partial charge in [0.05, 0.1) is 19.8 Å². The van der Waals surface area contributed by atoms with E-state index in [0.717, 1.165) is 70.6 Å². The number of carboxylic acid groups (broad SMARTS) is 1. The Kier molecular flexibility index (Phi) is 41.1. The molecule has 0 aromatic heterocycles. The van der Waals surface area contributed by atoms with Gasteiger partial charge in [-0.1, -0.05) is 164 Å². The summed E-state index contributed by atoms with van der Waals surface area (Å²) in [5.74, 6) is -1.81. The molecule has 0 heterocycles. The highest BCUT2D eigenvalue weighted by Crippen LogP contribution is 2.43. The number of carboxylic acids is 1. The summed E-state index contributed by atoms with van der Waals surface area (Å²) in [6.45, 7) is 3.73. The molecule has 0 radical (unpaired) electrons. The molecule has 0 rings (SSSR count). The van der Waals surface area contributed by atoms with Crippen molar-refractivity contribution in [3.8, 4) is 0 Å². The average Bonchev–Trinajstić information content (AvgIpc) is 3.20. The van der Waals surface area contributed by atoms with Gasteiger partial charge in [-0.15, -0.1) is 0 Å². The second-order valence-corrected chi connectivity index (χ2v) is 16.6.